The molecule has 0 bridgehead atoms. The molecule has 1 heterocycles. The zero-order valence-corrected chi connectivity index (χ0v) is 14.4. The summed E-state index contributed by atoms with van der Waals surface area (Å²) in [5.41, 5.74) is 4.40. The SMILES string of the molecule is Cc1ccc([C@H]2CC(=O)c3cnc(Nc4ccc(F)cc4)nc3C2)cc1. The second-order valence-corrected chi connectivity index (χ2v) is 6.62. The third kappa shape index (κ3) is 3.33. The van der Waals surface area contributed by atoms with Gasteiger partial charge in [-0.1, -0.05) is 29.8 Å². The van der Waals surface area contributed by atoms with Gasteiger partial charge in [0.1, 0.15) is 5.82 Å². The van der Waals surface area contributed by atoms with Crippen LogP contribution in [0.2, 0.25) is 0 Å². The number of halogens is 1. The molecule has 3 aromatic rings. The average Bonchev–Trinajstić information content (AvgIpc) is 2.64. The molecule has 0 amide bonds. The van der Waals surface area contributed by atoms with Crippen molar-refractivity contribution in [3.05, 3.63) is 82.9 Å². The number of aromatic nitrogens is 2. The van der Waals surface area contributed by atoms with Crippen molar-refractivity contribution in [2.24, 2.45) is 0 Å². The van der Waals surface area contributed by atoms with Gasteiger partial charge in [-0.25, -0.2) is 14.4 Å². The van der Waals surface area contributed by atoms with Crippen LogP contribution in [0.15, 0.2) is 54.7 Å². The summed E-state index contributed by atoms with van der Waals surface area (Å²) in [6, 6.07) is 14.3. The van der Waals surface area contributed by atoms with Gasteiger partial charge in [-0.2, -0.15) is 0 Å². The summed E-state index contributed by atoms with van der Waals surface area (Å²) in [4.78, 5) is 21.3. The minimum atomic E-state index is -0.298. The molecule has 1 aliphatic carbocycles. The normalized spacial score (nSPS) is 16.2. The highest BCUT2D eigenvalue weighted by atomic mass is 19.1. The van der Waals surface area contributed by atoms with E-state index in [1.54, 1.807) is 18.3 Å². The van der Waals surface area contributed by atoms with Crippen LogP contribution in [-0.2, 0) is 6.42 Å². The van der Waals surface area contributed by atoms with Gasteiger partial charge in [0, 0.05) is 18.3 Å². The maximum Gasteiger partial charge on any atom is 0.227 e. The Balaban J connectivity index is 1.60. The van der Waals surface area contributed by atoms with Crippen LogP contribution in [0.3, 0.4) is 0 Å². The predicted octanol–water partition coefficient (Wildman–Crippen LogP) is 4.58. The first kappa shape index (κ1) is 16.4. The third-order valence-electron chi connectivity index (χ3n) is 4.69. The first-order chi connectivity index (χ1) is 12.6. The van der Waals surface area contributed by atoms with Gasteiger partial charge in [-0.3, -0.25) is 4.79 Å². The van der Waals surface area contributed by atoms with Crippen molar-refractivity contribution in [3.8, 4) is 0 Å². The summed E-state index contributed by atoms with van der Waals surface area (Å²) in [7, 11) is 0. The van der Waals surface area contributed by atoms with E-state index >= 15 is 0 Å². The van der Waals surface area contributed by atoms with Crippen molar-refractivity contribution in [1.29, 1.82) is 0 Å². The van der Waals surface area contributed by atoms with E-state index < -0.39 is 0 Å². The van der Waals surface area contributed by atoms with Crippen molar-refractivity contribution in [1.82, 2.24) is 9.97 Å². The van der Waals surface area contributed by atoms with Gasteiger partial charge in [-0.05, 0) is 49.1 Å². The van der Waals surface area contributed by atoms with Crippen molar-refractivity contribution < 1.29 is 9.18 Å². The minimum Gasteiger partial charge on any atom is -0.324 e. The fourth-order valence-electron chi connectivity index (χ4n) is 3.24. The van der Waals surface area contributed by atoms with Gasteiger partial charge in [0.15, 0.2) is 5.78 Å². The summed E-state index contributed by atoms with van der Waals surface area (Å²) in [6.45, 7) is 2.05. The van der Waals surface area contributed by atoms with E-state index in [2.05, 4.69) is 39.6 Å². The van der Waals surface area contributed by atoms with Crippen molar-refractivity contribution in [2.45, 2.75) is 25.7 Å². The van der Waals surface area contributed by atoms with Gasteiger partial charge >= 0.3 is 0 Å². The molecule has 1 aliphatic rings. The lowest BCUT2D eigenvalue weighted by atomic mass is 9.82. The summed E-state index contributed by atoms with van der Waals surface area (Å²) in [5.74, 6) is 0.315. The Kier molecular flexibility index (Phi) is 4.21. The summed E-state index contributed by atoms with van der Waals surface area (Å²) >= 11 is 0. The second kappa shape index (κ2) is 6.67. The Labute approximate surface area is 151 Å². The zero-order valence-electron chi connectivity index (χ0n) is 14.4. The monoisotopic (exact) mass is 347 g/mol. The topological polar surface area (TPSA) is 54.9 Å². The first-order valence-electron chi connectivity index (χ1n) is 8.57. The van der Waals surface area contributed by atoms with Crippen LogP contribution in [0.1, 0.15) is 39.5 Å². The number of benzene rings is 2. The van der Waals surface area contributed by atoms with E-state index in [-0.39, 0.29) is 17.5 Å². The van der Waals surface area contributed by atoms with Crippen molar-refractivity contribution in [3.63, 3.8) is 0 Å². The van der Waals surface area contributed by atoms with Crippen LogP contribution in [0.4, 0.5) is 16.0 Å². The molecule has 4 nitrogen and oxygen atoms in total. The summed E-state index contributed by atoms with van der Waals surface area (Å²) in [5, 5.41) is 3.06. The van der Waals surface area contributed by atoms with Crippen LogP contribution in [0, 0.1) is 12.7 Å². The molecule has 130 valence electrons. The molecule has 0 unspecified atom stereocenters. The minimum absolute atomic E-state index is 0.0742. The van der Waals surface area contributed by atoms with E-state index in [1.807, 2.05) is 6.92 Å². The number of carbonyl (C=O) groups is 1. The molecule has 1 atom stereocenters. The lowest BCUT2D eigenvalue weighted by Gasteiger charge is -2.23. The van der Waals surface area contributed by atoms with Gasteiger partial charge in [0.05, 0.1) is 11.3 Å². The molecular formula is C21H18FN3O. The lowest BCUT2D eigenvalue weighted by Crippen LogP contribution is -2.21. The molecule has 0 saturated carbocycles. The van der Waals surface area contributed by atoms with Gasteiger partial charge in [0.2, 0.25) is 5.95 Å². The molecular weight excluding hydrogens is 329 g/mol. The Morgan fingerprint density at radius 2 is 1.77 bits per heavy atom. The van der Waals surface area contributed by atoms with Crippen molar-refractivity contribution >= 4 is 17.4 Å². The number of nitrogens with zero attached hydrogens (tertiary/aromatic N) is 2. The number of hydrogen-bond donors (Lipinski definition) is 1. The maximum atomic E-state index is 13.0. The molecule has 2 aromatic carbocycles. The molecule has 0 aliphatic heterocycles. The smallest absolute Gasteiger partial charge is 0.227 e. The molecule has 5 heteroatoms. The highest BCUT2D eigenvalue weighted by molar-refractivity contribution is 5.98. The fourth-order valence-corrected chi connectivity index (χ4v) is 3.24. The number of anilines is 2. The van der Waals surface area contributed by atoms with Crippen LogP contribution in [0.25, 0.3) is 0 Å². The molecule has 0 spiro atoms. The van der Waals surface area contributed by atoms with Crippen LogP contribution in [0.5, 0.6) is 0 Å². The number of nitrogens with one attached hydrogen (secondary N) is 1. The fraction of sp³-hybridized carbons (Fsp3) is 0.190. The average molecular weight is 347 g/mol. The predicted molar refractivity (Wildman–Crippen MR) is 98.3 cm³/mol. The maximum absolute atomic E-state index is 13.0. The Hall–Kier alpha value is -3.08. The summed E-state index contributed by atoms with van der Waals surface area (Å²) in [6.07, 6.45) is 2.76. The van der Waals surface area contributed by atoms with Crippen LogP contribution >= 0.6 is 0 Å². The zero-order chi connectivity index (χ0) is 18.1. The van der Waals surface area contributed by atoms with Crippen molar-refractivity contribution in [2.75, 3.05) is 5.32 Å². The first-order valence-corrected chi connectivity index (χ1v) is 8.57. The highest BCUT2D eigenvalue weighted by Crippen LogP contribution is 2.32. The standard InChI is InChI=1S/C21H18FN3O/c1-13-2-4-14(5-3-13)15-10-19-18(20(26)11-15)12-23-21(25-19)24-17-8-6-16(22)7-9-17/h2-9,12,15H,10-11H2,1H3,(H,23,24,25)/t15-/m1/s1. The number of carbonyl (C=O) groups excluding carboxylic acids is 1. The molecule has 4 rings (SSSR count). The highest BCUT2D eigenvalue weighted by Gasteiger charge is 2.28. The Morgan fingerprint density at radius 3 is 2.50 bits per heavy atom. The van der Waals surface area contributed by atoms with Gasteiger partial charge in [0.25, 0.3) is 0 Å². The van der Waals surface area contributed by atoms with E-state index in [0.717, 1.165) is 11.3 Å². The van der Waals surface area contributed by atoms with Crippen LogP contribution < -0.4 is 5.32 Å². The Morgan fingerprint density at radius 1 is 1.04 bits per heavy atom. The number of hydrogen-bond acceptors (Lipinski definition) is 4. The quantitative estimate of drug-likeness (QED) is 0.753. The molecule has 26 heavy (non-hydrogen) atoms. The third-order valence-corrected chi connectivity index (χ3v) is 4.69. The van der Waals surface area contributed by atoms with Crippen LogP contribution in [-0.4, -0.2) is 15.8 Å². The van der Waals surface area contributed by atoms with E-state index in [9.17, 15) is 9.18 Å². The summed E-state index contributed by atoms with van der Waals surface area (Å²) < 4.78 is 13.0. The number of aryl methyl sites for hydroxylation is 1. The molecule has 0 fully saturated rings. The van der Waals surface area contributed by atoms with E-state index in [4.69, 9.17) is 0 Å². The Bertz CT molecular complexity index is 952. The number of Topliss-reactive ketones (excluding diaryl/α,β-unsaturated/α-hetero) is 1. The van der Waals surface area contributed by atoms with Gasteiger partial charge in [-0.15, -0.1) is 0 Å². The number of fused-ring (bicyclic) bond motifs is 1. The second-order valence-electron chi connectivity index (χ2n) is 6.62. The molecule has 1 N–H and O–H groups in total. The number of ketones is 1. The lowest BCUT2D eigenvalue weighted by molar-refractivity contribution is 0.0962. The number of rotatable bonds is 3. The van der Waals surface area contributed by atoms with E-state index in [1.165, 1.54) is 17.7 Å². The molecule has 0 radical (unpaired) electrons. The molecule has 1 aromatic heterocycles. The largest absolute Gasteiger partial charge is 0.324 e. The van der Waals surface area contributed by atoms with Gasteiger partial charge < -0.3 is 5.32 Å². The molecule has 0 saturated heterocycles. The van der Waals surface area contributed by atoms with E-state index in [0.29, 0.717) is 30.0 Å².